The van der Waals surface area contributed by atoms with Crippen molar-refractivity contribution in [3.05, 3.63) is 39.8 Å². The van der Waals surface area contributed by atoms with Gasteiger partial charge in [0.15, 0.2) is 0 Å². The molecule has 0 aromatic heterocycles. The highest BCUT2D eigenvalue weighted by Crippen LogP contribution is 2.34. The Balaban J connectivity index is 3.24. The molecule has 0 heterocycles. The third-order valence-electron chi connectivity index (χ3n) is 2.70. The first-order valence-electron chi connectivity index (χ1n) is 6.08. The molecule has 0 aliphatic carbocycles. The first-order valence-corrected chi connectivity index (χ1v) is 6.08. The summed E-state index contributed by atoms with van der Waals surface area (Å²) < 4.78 is 39.0. The number of carboxylic acid groups (broad SMARTS) is 2. The molecular weight excluding hydrogens is 337 g/mol. The summed E-state index contributed by atoms with van der Waals surface area (Å²) in [5.74, 6) is -4.70. The zero-order valence-electron chi connectivity index (χ0n) is 11.6. The quantitative estimate of drug-likeness (QED) is 0.410. The van der Waals surface area contributed by atoms with Gasteiger partial charge >= 0.3 is 18.1 Å². The second-order valence-electron chi connectivity index (χ2n) is 4.38. The molecule has 12 heteroatoms. The van der Waals surface area contributed by atoms with E-state index in [-0.39, 0.29) is 0 Å². The van der Waals surface area contributed by atoms with Crippen LogP contribution in [-0.4, -0.2) is 34.1 Å². The van der Waals surface area contributed by atoms with Gasteiger partial charge in [0.05, 0.1) is 17.5 Å². The number of halogens is 3. The summed E-state index contributed by atoms with van der Waals surface area (Å²) in [4.78, 5) is 35.6. The van der Waals surface area contributed by atoms with Crippen LogP contribution in [0.15, 0.2) is 23.3 Å². The van der Waals surface area contributed by atoms with E-state index >= 15 is 0 Å². The van der Waals surface area contributed by atoms with Gasteiger partial charge in [0, 0.05) is 10.6 Å². The molecule has 0 aliphatic heterocycles. The molecule has 1 amide bonds. The molecule has 0 fully saturated rings. The number of benzene rings is 1. The monoisotopic (exact) mass is 346 g/mol. The predicted molar refractivity (Wildman–Crippen MR) is 71.4 cm³/mol. The summed E-state index contributed by atoms with van der Waals surface area (Å²) in [7, 11) is 0. The highest BCUT2D eigenvalue weighted by molar-refractivity contribution is 5.99. The number of hydrogen-bond acceptors (Lipinski definition) is 4. The van der Waals surface area contributed by atoms with Crippen molar-refractivity contribution in [2.45, 2.75) is 18.6 Å². The largest absolute Gasteiger partial charge is 0.481 e. The number of carbonyl (C=O) groups is 3. The second-order valence-corrected chi connectivity index (χ2v) is 4.38. The average Bonchev–Trinajstić information content (AvgIpc) is 2.45. The Morgan fingerprint density at radius 3 is 2.38 bits per heavy atom. The van der Waals surface area contributed by atoms with E-state index in [0.717, 1.165) is 6.07 Å². The lowest BCUT2D eigenvalue weighted by molar-refractivity contribution is -0.145. The van der Waals surface area contributed by atoms with Gasteiger partial charge in [0.25, 0.3) is 5.91 Å². The Bertz CT molecular complexity index is 728. The Morgan fingerprint density at radius 1 is 1.29 bits per heavy atom. The number of hydrogen-bond donors (Lipinski definition) is 3. The fourth-order valence-corrected chi connectivity index (χ4v) is 1.69. The van der Waals surface area contributed by atoms with Crippen molar-refractivity contribution in [1.82, 2.24) is 5.32 Å². The maximum atomic E-state index is 13.0. The summed E-state index contributed by atoms with van der Waals surface area (Å²) in [5.41, 5.74) is 5.44. The van der Waals surface area contributed by atoms with E-state index in [9.17, 15) is 27.6 Å². The van der Waals surface area contributed by atoms with Crippen LogP contribution in [0, 0.1) is 0 Å². The number of azide groups is 1. The second kappa shape index (κ2) is 7.33. The van der Waals surface area contributed by atoms with Crippen molar-refractivity contribution >= 4 is 23.5 Å². The zero-order chi connectivity index (χ0) is 18.5. The molecule has 128 valence electrons. The van der Waals surface area contributed by atoms with Gasteiger partial charge in [-0.2, -0.15) is 13.2 Å². The highest BCUT2D eigenvalue weighted by atomic mass is 19.4. The molecule has 1 rings (SSSR count). The molecule has 0 aliphatic rings. The molecule has 24 heavy (non-hydrogen) atoms. The minimum absolute atomic E-state index is 0.401. The molecule has 9 nitrogen and oxygen atoms in total. The number of carbonyl (C=O) groups excluding carboxylic acids is 1. The zero-order valence-corrected chi connectivity index (χ0v) is 11.6. The maximum Gasteiger partial charge on any atom is 0.417 e. The van der Waals surface area contributed by atoms with Crippen LogP contribution in [0.4, 0.5) is 18.9 Å². The molecule has 1 aromatic rings. The maximum absolute atomic E-state index is 13.0. The number of rotatable bonds is 6. The van der Waals surface area contributed by atoms with Crippen molar-refractivity contribution in [3.8, 4) is 0 Å². The SMILES string of the molecule is [N-]=[N+]=Nc1ccc(C(=O)NC(CC(=O)O)C(=O)O)c(C(F)(F)F)c1. The predicted octanol–water partition coefficient (Wildman–Crippen LogP) is 2.30. The van der Waals surface area contributed by atoms with Crippen molar-refractivity contribution in [1.29, 1.82) is 0 Å². The number of carboxylic acids is 2. The summed E-state index contributed by atoms with van der Waals surface area (Å²) in [6.07, 6.45) is -6.00. The van der Waals surface area contributed by atoms with Crippen LogP contribution in [0.1, 0.15) is 22.3 Å². The number of nitrogens with zero attached hydrogens (tertiary/aromatic N) is 3. The van der Waals surface area contributed by atoms with Gasteiger partial charge < -0.3 is 15.5 Å². The van der Waals surface area contributed by atoms with Crippen LogP contribution >= 0.6 is 0 Å². The molecule has 1 atom stereocenters. The Labute approximate surface area is 131 Å². The summed E-state index contributed by atoms with van der Waals surface area (Å²) in [6.45, 7) is 0. The average molecular weight is 346 g/mol. The number of alkyl halides is 3. The van der Waals surface area contributed by atoms with Gasteiger partial charge in [-0.3, -0.25) is 9.59 Å². The van der Waals surface area contributed by atoms with Crippen molar-refractivity contribution in [2.75, 3.05) is 0 Å². The number of aliphatic carboxylic acids is 2. The number of nitrogens with one attached hydrogen (secondary N) is 1. The summed E-state index contributed by atoms with van der Waals surface area (Å²) >= 11 is 0. The third-order valence-corrected chi connectivity index (χ3v) is 2.70. The number of amides is 1. The minimum Gasteiger partial charge on any atom is -0.481 e. The molecular formula is C12H9F3N4O5. The van der Waals surface area contributed by atoms with Gasteiger partial charge in [0.2, 0.25) is 0 Å². The van der Waals surface area contributed by atoms with E-state index in [1.54, 1.807) is 5.32 Å². The van der Waals surface area contributed by atoms with Gasteiger partial charge in [-0.1, -0.05) is 11.2 Å². The van der Waals surface area contributed by atoms with Crippen LogP contribution < -0.4 is 5.32 Å². The van der Waals surface area contributed by atoms with Crippen LogP contribution in [0.2, 0.25) is 0 Å². The van der Waals surface area contributed by atoms with E-state index in [2.05, 4.69) is 10.0 Å². The molecule has 3 N–H and O–H groups in total. The van der Waals surface area contributed by atoms with Crippen molar-refractivity contribution in [2.24, 2.45) is 5.11 Å². The first kappa shape index (κ1) is 18.8. The van der Waals surface area contributed by atoms with Gasteiger partial charge in [-0.25, -0.2) is 4.79 Å². The van der Waals surface area contributed by atoms with Crippen LogP contribution in [-0.2, 0) is 15.8 Å². The summed E-state index contributed by atoms with van der Waals surface area (Å²) in [5, 5.41) is 22.1. The lowest BCUT2D eigenvalue weighted by Gasteiger charge is -2.16. The Hall–Kier alpha value is -3.27. The van der Waals surface area contributed by atoms with Gasteiger partial charge in [-0.15, -0.1) is 0 Å². The molecule has 0 saturated carbocycles. The lowest BCUT2D eigenvalue weighted by Crippen LogP contribution is -2.42. The normalized spacial score (nSPS) is 12.0. The van der Waals surface area contributed by atoms with Crippen molar-refractivity contribution < 1.29 is 37.8 Å². The van der Waals surface area contributed by atoms with E-state index in [0.29, 0.717) is 12.1 Å². The fraction of sp³-hybridized carbons (Fsp3) is 0.250. The molecule has 0 saturated heterocycles. The van der Waals surface area contributed by atoms with E-state index in [1.807, 2.05) is 0 Å². The van der Waals surface area contributed by atoms with Crippen LogP contribution in [0.25, 0.3) is 10.4 Å². The minimum atomic E-state index is -4.99. The van der Waals surface area contributed by atoms with Crippen molar-refractivity contribution in [3.63, 3.8) is 0 Å². The molecule has 0 radical (unpaired) electrons. The van der Waals surface area contributed by atoms with E-state index in [4.69, 9.17) is 15.7 Å². The van der Waals surface area contributed by atoms with E-state index in [1.165, 1.54) is 0 Å². The summed E-state index contributed by atoms with van der Waals surface area (Å²) in [6, 6.07) is 0.133. The smallest absolute Gasteiger partial charge is 0.417 e. The standard InChI is InChI=1S/C12H9F3N4O5/c13-12(14,15)7-3-5(18-19-16)1-2-6(7)10(22)17-8(11(23)24)4-9(20)21/h1-3,8H,4H2,(H,17,22)(H,20,21)(H,23,24). The molecule has 1 unspecified atom stereocenters. The van der Waals surface area contributed by atoms with Gasteiger partial charge in [-0.05, 0) is 17.7 Å². The Morgan fingerprint density at radius 2 is 1.92 bits per heavy atom. The molecule has 1 aromatic carbocycles. The molecule has 0 bridgehead atoms. The van der Waals surface area contributed by atoms with Crippen LogP contribution in [0.3, 0.4) is 0 Å². The topological polar surface area (TPSA) is 152 Å². The molecule has 0 spiro atoms. The first-order chi connectivity index (χ1) is 11.1. The van der Waals surface area contributed by atoms with Gasteiger partial charge in [0.1, 0.15) is 6.04 Å². The third kappa shape index (κ3) is 4.88. The van der Waals surface area contributed by atoms with E-state index < -0.39 is 53.3 Å². The lowest BCUT2D eigenvalue weighted by atomic mass is 10.0. The fourth-order valence-electron chi connectivity index (χ4n) is 1.69. The highest BCUT2D eigenvalue weighted by Gasteiger charge is 2.36. The Kier molecular flexibility index (Phi) is 5.73. The van der Waals surface area contributed by atoms with Crippen LogP contribution in [0.5, 0.6) is 0 Å².